The fourth-order valence-electron chi connectivity index (χ4n) is 2.82. The van der Waals surface area contributed by atoms with E-state index >= 15 is 0 Å². The van der Waals surface area contributed by atoms with Gasteiger partial charge in [-0.2, -0.15) is 0 Å². The van der Waals surface area contributed by atoms with Gasteiger partial charge in [0.05, 0.1) is 15.8 Å². The third kappa shape index (κ3) is 2.62. The highest BCUT2D eigenvalue weighted by molar-refractivity contribution is 7.12. The quantitative estimate of drug-likeness (QED) is 0.330. The molecule has 2 N–H and O–H groups in total. The molecule has 26 heavy (non-hydrogen) atoms. The van der Waals surface area contributed by atoms with Gasteiger partial charge in [0.2, 0.25) is 5.78 Å². The van der Waals surface area contributed by atoms with E-state index in [0.717, 1.165) is 10.4 Å². The van der Waals surface area contributed by atoms with Gasteiger partial charge in [-0.25, -0.2) is 0 Å². The predicted molar refractivity (Wildman–Crippen MR) is 100 cm³/mol. The summed E-state index contributed by atoms with van der Waals surface area (Å²) < 4.78 is 3.40. The average Bonchev–Trinajstić information content (AvgIpc) is 3.33. The number of amidine groups is 1. The van der Waals surface area contributed by atoms with Crippen molar-refractivity contribution in [3.63, 3.8) is 0 Å². The molecule has 3 heterocycles. The predicted octanol–water partition coefficient (Wildman–Crippen LogP) is 1.96. The summed E-state index contributed by atoms with van der Waals surface area (Å²) in [6.07, 6.45) is 0. The molecule has 0 radical (unpaired) electrons. The second-order valence-corrected chi connectivity index (χ2v) is 6.49. The summed E-state index contributed by atoms with van der Waals surface area (Å²) >= 11 is 1.48. The number of para-hydroxylation sites is 1. The standard InChI is InChI=1S/C17H16N6O2S/c1-2-22-16(24)11-6-3-4-7-12(11)23-14(19-20-17(22)23)10-25-21-15(18)13-8-5-9-26-13/h3-9H,2,10H2,1H3,(H2,18,21). The molecule has 4 aromatic rings. The number of hydrogen-bond acceptors (Lipinski definition) is 6. The number of oxime groups is 1. The van der Waals surface area contributed by atoms with Gasteiger partial charge < -0.3 is 10.6 Å². The first-order valence-corrected chi connectivity index (χ1v) is 8.93. The van der Waals surface area contributed by atoms with Crippen LogP contribution in [0.4, 0.5) is 0 Å². The third-order valence-corrected chi connectivity index (χ3v) is 4.91. The molecule has 0 atom stereocenters. The Hall–Kier alpha value is -3.20. The smallest absolute Gasteiger partial charge is 0.262 e. The lowest BCUT2D eigenvalue weighted by atomic mass is 10.2. The molecule has 9 heteroatoms. The number of thiophene rings is 1. The minimum Gasteiger partial charge on any atom is -0.386 e. The zero-order chi connectivity index (χ0) is 18.1. The van der Waals surface area contributed by atoms with Crippen molar-refractivity contribution in [3.8, 4) is 0 Å². The van der Waals surface area contributed by atoms with Crippen LogP contribution in [0.3, 0.4) is 0 Å². The van der Waals surface area contributed by atoms with Gasteiger partial charge in [0.15, 0.2) is 18.3 Å². The average molecular weight is 368 g/mol. The van der Waals surface area contributed by atoms with Crippen molar-refractivity contribution in [1.82, 2.24) is 19.2 Å². The number of nitrogens with two attached hydrogens (primary N) is 1. The lowest BCUT2D eigenvalue weighted by molar-refractivity contribution is 0.124. The Morgan fingerprint density at radius 2 is 2.12 bits per heavy atom. The Bertz CT molecular complexity index is 1160. The molecule has 1 aromatic carbocycles. The number of fused-ring (bicyclic) bond motifs is 3. The second-order valence-electron chi connectivity index (χ2n) is 5.55. The van der Waals surface area contributed by atoms with Crippen LogP contribution >= 0.6 is 11.3 Å². The lowest BCUT2D eigenvalue weighted by Gasteiger charge is -2.09. The van der Waals surface area contributed by atoms with Crippen LogP contribution in [0.1, 0.15) is 17.6 Å². The maximum absolute atomic E-state index is 12.6. The van der Waals surface area contributed by atoms with Gasteiger partial charge in [-0.15, -0.1) is 21.5 Å². The Kier molecular flexibility index (Phi) is 4.13. The highest BCUT2D eigenvalue weighted by Gasteiger charge is 2.15. The van der Waals surface area contributed by atoms with Crippen LogP contribution in [0.2, 0.25) is 0 Å². The van der Waals surface area contributed by atoms with Crippen LogP contribution in [0.15, 0.2) is 51.7 Å². The van der Waals surface area contributed by atoms with Gasteiger partial charge in [-0.3, -0.25) is 13.8 Å². The molecule has 0 saturated carbocycles. The maximum Gasteiger partial charge on any atom is 0.262 e. The van der Waals surface area contributed by atoms with Crippen molar-refractivity contribution in [2.24, 2.45) is 10.9 Å². The SMILES string of the molecule is CCn1c(=O)c2ccccc2n2c(CO/N=C(/N)c3cccs3)nnc12. The van der Waals surface area contributed by atoms with E-state index in [0.29, 0.717) is 29.4 Å². The Labute approximate surface area is 152 Å². The van der Waals surface area contributed by atoms with E-state index < -0.39 is 0 Å². The molecular weight excluding hydrogens is 352 g/mol. The molecule has 0 saturated heterocycles. The summed E-state index contributed by atoms with van der Waals surface area (Å²) in [5.74, 6) is 1.33. The van der Waals surface area contributed by atoms with Crippen molar-refractivity contribution in [1.29, 1.82) is 0 Å². The van der Waals surface area contributed by atoms with Gasteiger partial charge in [-0.1, -0.05) is 23.4 Å². The molecule has 0 aliphatic rings. The molecule has 0 aliphatic heterocycles. The van der Waals surface area contributed by atoms with Crippen molar-refractivity contribution in [2.75, 3.05) is 0 Å². The van der Waals surface area contributed by atoms with Crippen LogP contribution in [0.5, 0.6) is 0 Å². The van der Waals surface area contributed by atoms with Crippen LogP contribution in [-0.2, 0) is 18.0 Å². The summed E-state index contributed by atoms with van der Waals surface area (Å²) in [6, 6.07) is 11.1. The third-order valence-electron chi connectivity index (χ3n) is 4.02. The van der Waals surface area contributed by atoms with E-state index in [9.17, 15) is 4.79 Å². The molecule has 3 aromatic heterocycles. The summed E-state index contributed by atoms with van der Waals surface area (Å²) in [7, 11) is 0. The fraction of sp³-hybridized carbons (Fsp3) is 0.176. The van der Waals surface area contributed by atoms with E-state index in [1.54, 1.807) is 10.6 Å². The number of benzene rings is 1. The van der Waals surface area contributed by atoms with Gasteiger partial charge in [0.1, 0.15) is 0 Å². The van der Waals surface area contributed by atoms with Gasteiger partial charge in [0.25, 0.3) is 5.56 Å². The van der Waals surface area contributed by atoms with E-state index in [-0.39, 0.29) is 12.2 Å². The Morgan fingerprint density at radius 1 is 1.27 bits per heavy atom. The first-order valence-electron chi connectivity index (χ1n) is 8.05. The molecule has 0 unspecified atom stereocenters. The zero-order valence-corrected chi connectivity index (χ0v) is 14.8. The van der Waals surface area contributed by atoms with Crippen molar-refractivity contribution in [2.45, 2.75) is 20.1 Å². The number of rotatable bonds is 5. The lowest BCUT2D eigenvalue weighted by Crippen LogP contribution is -2.22. The molecule has 132 valence electrons. The molecular formula is C17H16N6O2S. The molecule has 4 rings (SSSR count). The molecule has 0 fully saturated rings. The summed E-state index contributed by atoms with van der Waals surface area (Å²) in [5, 5.41) is 14.8. The number of aromatic nitrogens is 4. The summed E-state index contributed by atoms with van der Waals surface area (Å²) in [6.45, 7) is 2.47. The molecule has 0 amide bonds. The minimum atomic E-state index is -0.0876. The van der Waals surface area contributed by atoms with Gasteiger partial charge in [0, 0.05) is 6.54 Å². The molecule has 8 nitrogen and oxygen atoms in total. The van der Waals surface area contributed by atoms with Gasteiger partial charge >= 0.3 is 0 Å². The van der Waals surface area contributed by atoms with E-state index in [1.807, 2.05) is 47.0 Å². The normalized spacial score (nSPS) is 12.1. The van der Waals surface area contributed by atoms with Crippen molar-refractivity contribution in [3.05, 3.63) is 62.8 Å². The van der Waals surface area contributed by atoms with Crippen LogP contribution in [0, 0.1) is 0 Å². The van der Waals surface area contributed by atoms with Crippen LogP contribution in [0.25, 0.3) is 16.7 Å². The largest absolute Gasteiger partial charge is 0.386 e. The first-order chi connectivity index (χ1) is 12.7. The van der Waals surface area contributed by atoms with Crippen molar-refractivity contribution < 1.29 is 4.84 Å². The van der Waals surface area contributed by atoms with Gasteiger partial charge in [-0.05, 0) is 30.5 Å². The van der Waals surface area contributed by atoms with E-state index in [1.165, 1.54) is 11.3 Å². The number of nitrogens with zero attached hydrogens (tertiary/aromatic N) is 5. The highest BCUT2D eigenvalue weighted by atomic mass is 32.1. The fourth-order valence-corrected chi connectivity index (χ4v) is 3.44. The molecule has 0 spiro atoms. The van der Waals surface area contributed by atoms with Crippen LogP contribution in [-0.4, -0.2) is 25.0 Å². The van der Waals surface area contributed by atoms with E-state index in [4.69, 9.17) is 10.6 Å². The monoisotopic (exact) mass is 368 g/mol. The topological polar surface area (TPSA) is 99.8 Å². The second kappa shape index (κ2) is 6.60. The molecule has 0 aliphatic carbocycles. The van der Waals surface area contributed by atoms with E-state index in [2.05, 4.69) is 15.4 Å². The number of aryl methyl sites for hydroxylation is 1. The summed E-state index contributed by atoms with van der Waals surface area (Å²) in [5.41, 5.74) is 6.54. The number of hydrogen-bond donors (Lipinski definition) is 1. The van der Waals surface area contributed by atoms with Crippen LogP contribution < -0.4 is 11.3 Å². The first kappa shape index (κ1) is 16.3. The molecule has 0 bridgehead atoms. The Balaban J connectivity index is 1.76. The minimum absolute atomic E-state index is 0.0825. The van der Waals surface area contributed by atoms with Crippen molar-refractivity contribution >= 4 is 33.9 Å². The Morgan fingerprint density at radius 3 is 2.88 bits per heavy atom. The summed E-state index contributed by atoms with van der Waals surface area (Å²) in [4.78, 5) is 18.8. The highest BCUT2D eigenvalue weighted by Crippen LogP contribution is 2.15. The zero-order valence-electron chi connectivity index (χ0n) is 14.0. The maximum atomic E-state index is 12.6.